The molecule has 80 valence electrons. The maximum absolute atomic E-state index is 11.5. The highest BCUT2D eigenvalue weighted by Crippen LogP contribution is 2.16. The first-order valence-electron chi connectivity index (χ1n) is 5.09. The van der Waals surface area contributed by atoms with Gasteiger partial charge in [-0.2, -0.15) is 0 Å². The SMILES string of the molecule is C[C@@H]1CCCN(C(=O)CCC(=O)O)C1. The number of amides is 1. The number of carbonyl (C=O) groups excluding carboxylic acids is 1. The molecule has 0 radical (unpaired) electrons. The summed E-state index contributed by atoms with van der Waals surface area (Å²) in [5, 5.41) is 8.44. The molecule has 1 fully saturated rings. The summed E-state index contributed by atoms with van der Waals surface area (Å²) in [5.41, 5.74) is 0. The molecule has 0 spiro atoms. The van der Waals surface area contributed by atoms with Crippen LogP contribution in [0.5, 0.6) is 0 Å². The first-order chi connectivity index (χ1) is 6.59. The van der Waals surface area contributed by atoms with Gasteiger partial charge in [-0.15, -0.1) is 0 Å². The standard InChI is InChI=1S/C10H17NO3/c1-8-3-2-6-11(7-8)9(12)4-5-10(13)14/h8H,2-7H2,1H3,(H,13,14)/t8-/m1/s1. The predicted octanol–water partition coefficient (Wildman–Crippen LogP) is 1.11. The van der Waals surface area contributed by atoms with Crippen molar-refractivity contribution in [3.8, 4) is 0 Å². The molecule has 1 saturated heterocycles. The molecule has 4 heteroatoms. The van der Waals surface area contributed by atoms with Crippen molar-refractivity contribution in [1.82, 2.24) is 4.90 Å². The molecular formula is C10H17NO3. The molecule has 1 N–H and O–H groups in total. The summed E-state index contributed by atoms with van der Waals surface area (Å²) >= 11 is 0. The van der Waals surface area contributed by atoms with Crippen LogP contribution in [0, 0.1) is 5.92 Å². The molecule has 0 unspecified atom stereocenters. The molecule has 0 saturated carbocycles. The fourth-order valence-electron chi connectivity index (χ4n) is 1.79. The minimum Gasteiger partial charge on any atom is -0.481 e. The van der Waals surface area contributed by atoms with E-state index < -0.39 is 5.97 Å². The summed E-state index contributed by atoms with van der Waals surface area (Å²) in [7, 11) is 0. The third-order valence-electron chi connectivity index (χ3n) is 2.56. The van der Waals surface area contributed by atoms with Gasteiger partial charge in [-0.1, -0.05) is 6.92 Å². The zero-order valence-corrected chi connectivity index (χ0v) is 8.53. The Balaban J connectivity index is 2.32. The summed E-state index contributed by atoms with van der Waals surface area (Å²) in [4.78, 5) is 23.6. The Kier molecular flexibility index (Phi) is 3.92. The number of nitrogens with zero attached hydrogens (tertiary/aromatic N) is 1. The Hall–Kier alpha value is -1.06. The lowest BCUT2D eigenvalue weighted by atomic mass is 10.00. The van der Waals surface area contributed by atoms with E-state index in [1.807, 2.05) is 0 Å². The third kappa shape index (κ3) is 3.36. The molecule has 4 nitrogen and oxygen atoms in total. The quantitative estimate of drug-likeness (QED) is 0.740. The monoisotopic (exact) mass is 199 g/mol. The first kappa shape index (κ1) is 11.0. The maximum atomic E-state index is 11.5. The van der Waals surface area contributed by atoms with Crippen molar-refractivity contribution < 1.29 is 14.7 Å². The van der Waals surface area contributed by atoms with Gasteiger partial charge in [0.15, 0.2) is 0 Å². The van der Waals surface area contributed by atoms with Gasteiger partial charge in [0, 0.05) is 19.5 Å². The van der Waals surface area contributed by atoms with Gasteiger partial charge in [-0.25, -0.2) is 0 Å². The average Bonchev–Trinajstić information content (AvgIpc) is 2.14. The summed E-state index contributed by atoms with van der Waals surface area (Å²) in [6.07, 6.45) is 2.30. The van der Waals surface area contributed by atoms with E-state index in [1.54, 1.807) is 4.90 Å². The second-order valence-corrected chi connectivity index (χ2v) is 3.98. The Morgan fingerprint density at radius 1 is 1.43 bits per heavy atom. The van der Waals surface area contributed by atoms with Crippen molar-refractivity contribution in [1.29, 1.82) is 0 Å². The van der Waals surface area contributed by atoms with Crippen LogP contribution in [0.1, 0.15) is 32.6 Å². The summed E-state index contributed by atoms with van der Waals surface area (Å²) in [6.45, 7) is 3.71. The van der Waals surface area contributed by atoms with E-state index in [2.05, 4.69) is 6.92 Å². The van der Waals surface area contributed by atoms with Crippen molar-refractivity contribution in [2.45, 2.75) is 32.6 Å². The first-order valence-corrected chi connectivity index (χ1v) is 5.09. The minimum absolute atomic E-state index is 0.0149. The van der Waals surface area contributed by atoms with Crippen molar-refractivity contribution in [3.63, 3.8) is 0 Å². The topological polar surface area (TPSA) is 57.6 Å². The molecule has 0 aromatic carbocycles. The molecule has 0 bridgehead atoms. The number of rotatable bonds is 3. The average molecular weight is 199 g/mol. The molecule has 0 aromatic rings. The Morgan fingerprint density at radius 3 is 2.71 bits per heavy atom. The van der Waals surface area contributed by atoms with Crippen LogP contribution in [0.3, 0.4) is 0 Å². The largest absolute Gasteiger partial charge is 0.481 e. The second-order valence-electron chi connectivity index (χ2n) is 3.98. The molecule has 1 atom stereocenters. The van der Waals surface area contributed by atoms with Crippen molar-refractivity contribution in [2.75, 3.05) is 13.1 Å². The van der Waals surface area contributed by atoms with Crippen LogP contribution in [-0.2, 0) is 9.59 Å². The van der Waals surface area contributed by atoms with Gasteiger partial charge in [0.2, 0.25) is 5.91 Å². The molecule has 0 aliphatic carbocycles. The number of aliphatic carboxylic acids is 1. The van der Waals surface area contributed by atoms with Crippen LogP contribution >= 0.6 is 0 Å². The third-order valence-corrected chi connectivity index (χ3v) is 2.56. The number of piperidine rings is 1. The normalized spacial score (nSPS) is 22.1. The maximum Gasteiger partial charge on any atom is 0.303 e. The van der Waals surface area contributed by atoms with Gasteiger partial charge in [0.25, 0.3) is 0 Å². The lowest BCUT2D eigenvalue weighted by molar-refractivity contribution is -0.141. The molecule has 14 heavy (non-hydrogen) atoms. The number of likely N-dealkylation sites (tertiary alicyclic amines) is 1. The molecule has 0 aromatic heterocycles. The zero-order valence-electron chi connectivity index (χ0n) is 8.53. The predicted molar refractivity (Wildman–Crippen MR) is 51.8 cm³/mol. The summed E-state index contributed by atoms with van der Waals surface area (Å²) in [5.74, 6) is -0.361. The highest BCUT2D eigenvalue weighted by Gasteiger charge is 2.20. The van der Waals surface area contributed by atoms with Crippen molar-refractivity contribution in [2.24, 2.45) is 5.92 Å². The van der Waals surface area contributed by atoms with Gasteiger partial charge in [-0.3, -0.25) is 9.59 Å². The Morgan fingerprint density at radius 2 is 2.14 bits per heavy atom. The van der Waals surface area contributed by atoms with E-state index in [-0.39, 0.29) is 18.7 Å². The molecule has 1 amide bonds. The van der Waals surface area contributed by atoms with Gasteiger partial charge < -0.3 is 10.0 Å². The van der Waals surface area contributed by atoms with Crippen LogP contribution in [0.2, 0.25) is 0 Å². The fraction of sp³-hybridized carbons (Fsp3) is 0.800. The van der Waals surface area contributed by atoms with E-state index in [4.69, 9.17) is 5.11 Å². The van der Waals surface area contributed by atoms with E-state index in [0.717, 1.165) is 19.5 Å². The van der Waals surface area contributed by atoms with E-state index in [0.29, 0.717) is 5.92 Å². The lowest BCUT2D eigenvalue weighted by Crippen LogP contribution is -2.39. The second kappa shape index (κ2) is 4.98. The van der Waals surface area contributed by atoms with E-state index in [9.17, 15) is 9.59 Å². The van der Waals surface area contributed by atoms with Crippen LogP contribution in [-0.4, -0.2) is 35.0 Å². The Bertz CT molecular complexity index is 227. The van der Waals surface area contributed by atoms with Gasteiger partial charge in [0.1, 0.15) is 0 Å². The summed E-state index contributed by atoms with van der Waals surface area (Å²) in [6, 6.07) is 0. The van der Waals surface area contributed by atoms with E-state index in [1.165, 1.54) is 6.42 Å². The van der Waals surface area contributed by atoms with Crippen LogP contribution < -0.4 is 0 Å². The number of hydrogen-bond acceptors (Lipinski definition) is 2. The van der Waals surface area contributed by atoms with Gasteiger partial charge in [-0.05, 0) is 18.8 Å². The van der Waals surface area contributed by atoms with E-state index >= 15 is 0 Å². The van der Waals surface area contributed by atoms with Crippen LogP contribution in [0.25, 0.3) is 0 Å². The number of hydrogen-bond donors (Lipinski definition) is 1. The highest BCUT2D eigenvalue weighted by atomic mass is 16.4. The molecule has 1 aliphatic heterocycles. The smallest absolute Gasteiger partial charge is 0.303 e. The van der Waals surface area contributed by atoms with Gasteiger partial charge >= 0.3 is 5.97 Å². The molecule has 1 heterocycles. The number of carbonyl (C=O) groups is 2. The zero-order chi connectivity index (χ0) is 10.6. The molecule has 1 aliphatic rings. The van der Waals surface area contributed by atoms with Gasteiger partial charge in [0.05, 0.1) is 6.42 Å². The van der Waals surface area contributed by atoms with Crippen molar-refractivity contribution >= 4 is 11.9 Å². The highest BCUT2D eigenvalue weighted by molar-refractivity contribution is 5.80. The van der Waals surface area contributed by atoms with Crippen molar-refractivity contribution in [3.05, 3.63) is 0 Å². The summed E-state index contributed by atoms with van der Waals surface area (Å²) < 4.78 is 0. The van der Waals surface area contributed by atoms with Crippen LogP contribution in [0.15, 0.2) is 0 Å². The molecule has 1 rings (SSSR count). The minimum atomic E-state index is -0.900. The van der Waals surface area contributed by atoms with Crippen LogP contribution in [0.4, 0.5) is 0 Å². The lowest BCUT2D eigenvalue weighted by Gasteiger charge is -2.30. The number of carboxylic acids is 1. The number of carboxylic acid groups (broad SMARTS) is 1. The Labute approximate surface area is 83.9 Å². The fourth-order valence-corrected chi connectivity index (χ4v) is 1.79. The molecular weight excluding hydrogens is 182 g/mol.